The number of nitrogens with one attached hydrogen (secondary N) is 1. The van der Waals surface area contributed by atoms with E-state index >= 15 is 0 Å². The zero-order valence-corrected chi connectivity index (χ0v) is 15.3. The van der Waals surface area contributed by atoms with E-state index in [0.29, 0.717) is 13.1 Å². The van der Waals surface area contributed by atoms with Gasteiger partial charge in [-0.25, -0.2) is 4.68 Å². The molecule has 0 spiro atoms. The van der Waals surface area contributed by atoms with Crippen molar-refractivity contribution < 1.29 is 9.59 Å². The lowest BCUT2D eigenvalue weighted by atomic mass is 10.1. The van der Waals surface area contributed by atoms with Gasteiger partial charge in [0.2, 0.25) is 11.8 Å². The number of amides is 2. The maximum atomic E-state index is 12.5. The number of hydrogen-bond acceptors (Lipinski definition) is 4. The molecule has 134 valence electrons. The Bertz CT molecular complexity index is 573. The van der Waals surface area contributed by atoms with Crippen LogP contribution in [0.3, 0.4) is 0 Å². The SMILES string of the molecule is CC(C)C(=O)N1CCN(C(C)C(=O)Nc2ccnn2C(C)C)CC1. The average Bonchev–Trinajstić information content (AvgIpc) is 3.01. The maximum absolute atomic E-state index is 12.5. The van der Waals surface area contributed by atoms with Crippen molar-refractivity contribution in [3.05, 3.63) is 12.3 Å². The fraction of sp³-hybridized carbons (Fsp3) is 0.706. The standard InChI is InChI=1S/C17H29N5O2/c1-12(2)17(24)21-10-8-20(9-11-21)14(5)16(23)19-15-6-7-18-22(15)13(3)4/h6-7,12-14H,8-11H2,1-5H3,(H,19,23). The van der Waals surface area contributed by atoms with E-state index in [0.717, 1.165) is 18.9 Å². The summed E-state index contributed by atoms with van der Waals surface area (Å²) in [5.41, 5.74) is 0. The van der Waals surface area contributed by atoms with Crippen LogP contribution >= 0.6 is 0 Å². The van der Waals surface area contributed by atoms with Crippen LogP contribution in [0.4, 0.5) is 5.82 Å². The molecule has 0 aromatic carbocycles. The van der Waals surface area contributed by atoms with Crippen LogP contribution in [-0.2, 0) is 9.59 Å². The Kier molecular flexibility index (Phi) is 5.99. The first-order valence-electron chi connectivity index (χ1n) is 8.68. The molecular weight excluding hydrogens is 306 g/mol. The van der Waals surface area contributed by atoms with Gasteiger partial charge >= 0.3 is 0 Å². The van der Waals surface area contributed by atoms with E-state index in [-0.39, 0.29) is 29.8 Å². The third-order valence-electron chi connectivity index (χ3n) is 4.46. The molecule has 1 N–H and O–H groups in total. The van der Waals surface area contributed by atoms with Crippen molar-refractivity contribution in [1.29, 1.82) is 0 Å². The van der Waals surface area contributed by atoms with Crippen molar-refractivity contribution in [2.45, 2.75) is 46.7 Å². The van der Waals surface area contributed by atoms with E-state index in [1.165, 1.54) is 0 Å². The molecule has 1 aliphatic heterocycles. The summed E-state index contributed by atoms with van der Waals surface area (Å²) in [7, 11) is 0. The number of piperazine rings is 1. The monoisotopic (exact) mass is 335 g/mol. The molecule has 2 amide bonds. The summed E-state index contributed by atoms with van der Waals surface area (Å²) in [4.78, 5) is 28.6. The topological polar surface area (TPSA) is 70.5 Å². The molecule has 1 unspecified atom stereocenters. The molecule has 2 rings (SSSR count). The number of carbonyl (C=O) groups excluding carboxylic acids is 2. The third-order valence-corrected chi connectivity index (χ3v) is 4.46. The van der Waals surface area contributed by atoms with Crippen LogP contribution in [0.15, 0.2) is 12.3 Å². The highest BCUT2D eigenvalue weighted by atomic mass is 16.2. The quantitative estimate of drug-likeness (QED) is 0.887. The second-order valence-electron chi connectivity index (χ2n) is 6.94. The van der Waals surface area contributed by atoms with Gasteiger partial charge in [0, 0.05) is 44.2 Å². The van der Waals surface area contributed by atoms with Gasteiger partial charge in [0.25, 0.3) is 0 Å². The van der Waals surface area contributed by atoms with E-state index in [9.17, 15) is 9.59 Å². The fourth-order valence-electron chi connectivity index (χ4n) is 2.92. The number of nitrogens with zero attached hydrogens (tertiary/aromatic N) is 4. The molecule has 0 bridgehead atoms. The molecular formula is C17H29N5O2. The van der Waals surface area contributed by atoms with E-state index in [1.54, 1.807) is 10.9 Å². The van der Waals surface area contributed by atoms with Gasteiger partial charge in [-0.05, 0) is 20.8 Å². The minimum absolute atomic E-state index is 0.0218. The Hall–Kier alpha value is -1.89. The highest BCUT2D eigenvalue weighted by molar-refractivity contribution is 5.93. The van der Waals surface area contributed by atoms with E-state index in [1.807, 2.05) is 45.6 Å². The lowest BCUT2D eigenvalue weighted by Gasteiger charge is -2.38. The zero-order chi connectivity index (χ0) is 17.9. The van der Waals surface area contributed by atoms with Crippen LogP contribution in [0, 0.1) is 5.92 Å². The van der Waals surface area contributed by atoms with Gasteiger partial charge in [-0.3, -0.25) is 14.5 Å². The van der Waals surface area contributed by atoms with Gasteiger partial charge in [0.15, 0.2) is 0 Å². The van der Waals surface area contributed by atoms with Gasteiger partial charge < -0.3 is 10.2 Å². The molecule has 1 aromatic heterocycles. The van der Waals surface area contributed by atoms with Crippen LogP contribution in [0.1, 0.15) is 40.7 Å². The van der Waals surface area contributed by atoms with Crippen LogP contribution in [0.2, 0.25) is 0 Å². The van der Waals surface area contributed by atoms with E-state index in [4.69, 9.17) is 0 Å². The van der Waals surface area contributed by atoms with Crippen molar-refractivity contribution in [1.82, 2.24) is 19.6 Å². The number of anilines is 1. The molecule has 1 fully saturated rings. The summed E-state index contributed by atoms with van der Waals surface area (Å²) in [6.45, 7) is 12.6. The first-order chi connectivity index (χ1) is 11.3. The Morgan fingerprint density at radius 2 is 1.71 bits per heavy atom. The zero-order valence-electron chi connectivity index (χ0n) is 15.3. The Balaban J connectivity index is 1.90. The molecule has 24 heavy (non-hydrogen) atoms. The summed E-state index contributed by atoms with van der Waals surface area (Å²) in [6.07, 6.45) is 1.69. The van der Waals surface area contributed by atoms with E-state index in [2.05, 4.69) is 15.3 Å². The minimum Gasteiger partial charge on any atom is -0.340 e. The second-order valence-corrected chi connectivity index (χ2v) is 6.94. The van der Waals surface area contributed by atoms with Crippen molar-refractivity contribution in [3.8, 4) is 0 Å². The Labute approximate surface area is 144 Å². The summed E-state index contributed by atoms with van der Waals surface area (Å²) in [5.74, 6) is 0.887. The van der Waals surface area contributed by atoms with Gasteiger partial charge in [0.1, 0.15) is 5.82 Å². The van der Waals surface area contributed by atoms with Gasteiger partial charge in [0.05, 0.1) is 12.2 Å². The van der Waals surface area contributed by atoms with Crippen LogP contribution < -0.4 is 5.32 Å². The van der Waals surface area contributed by atoms with Crippen molar-refractivity contribution in [2.75, 3.05) is 31.5 Å². The molecule has 1 aliphatic rings. The molecule has 1 atom stereocenters. The minimum atomic E-state index is -0.239. The lowest BCUT2D eigenvalue weighted by Crippen LogP contribution is -2.54. The molecule has 0 radical (unpaired) electrons. The highest BCUT2D eigenvalue weighted by Crippen LogP contribution is 2.15. The van der Waals surface area contributed by atoms with Gasteiger partial charge in [-0.15, -0.1) is 0 Å². The lowest BCUT2D eigenvalue weighted by molar-refractivity contribution is -0.136. The first kappa shape index (κ1) is 18.4. The highest BCUT2D eigenvalue weighted by Gasteiger charge is 2.28. The molecule has 7 heteroatoms. The third kappa shape index (κ3) is 4.14. The summed E-state index contributed by atoms with van der Waals surface area (Å²) < 4.78 is 1.80. The van der Waals surface area contributed by atoms with Crippen molar-refractivity contribution >= 4 is 17.6 Å². The van der Waals surface area contributed by atoms with E-state index < -0.39 is 0 Å². The van der Waals surface area contributed by atoms with Crippen molar-refractivity contribution in [2.24, 2.45) is 5.92 Å². The molecule has 1 aromatic rings. The van der Waals surface area contributed by atoms with Crippen LogP contribution in [0.5, 0.6) is 0 Å². The predicted octanol–water partition coefficient (Wildman–Crippen LogP) is 1.59. The smallest absolute Gasteiger partial charge is 0.242 e. The number of carbonyl (C=O) groups is 2. The number of rotatable bonds is 5. The molecule has 0 aliphatic carbocycles. The van der Waals surface area contributed by atoms with Crippen LogP contribution in [-0.4, -0.2) is 63.6 Å². The molecule has 0 saturated carbocycles. The first-order valence-corrected chi connectivity index (χ1v) is 8.68. The molecule has 1 saturated heterocycles. The predicted molar refractivity (Wildman–Crippen MR) is 93.7 cm³/mol. The number of aromatic nitrogens is 2. The van der Waals surface area contributed by atoms with Crippen LogP contribution in [0.25, 0.3) is 0 Å². The fourth-order valence-corrected chi connectivity index (χ4v) is 2.92. The summed E-state index contributed by atoms with van der Waals surface area (Å²) in [5, 5.41) is 7.19. The largest absolute Gasteiger partial charge is 0.340 e. The summed E-state index contributed by atoms with van der Waals surface area (Å²) in [6, 6.07) is 1.76. The Morgan fingerprint density at radius 1 is 1.08 bits per heavy atom. The van der Waals surface area contributed by atoms with Crippen molar-refractivity contribution in [3.63, 3.8) is 0 Å². The second kappa shape index (κ2) is 7.79. The number of hydrogen-bond donors (Lipinski definition) is 1. The normalized spacial score (nSPS) is 17.4. The Morgan fingerprint density at radius 3 is 2.25 bits per heavy atom. The average molecular weight is 335 g/mol. The van der Waals surface area contributed by atoms with Gasteiger partial charge in [-0.1, -0.05) is 13.8 Å². The molecule has 2 heterocycles. The van der Waals surface area contributed by atoms with Gasteiger partial charge in [-0.2, -0.15) is 5.10 Å². The molecule has 7 nitrogen and oxygen atoms in total. The summed E-state index contributed by atoms with van der Waals surface area (Å²) >= 11 is 0. The maximum Gasteiger partial charge on any atom is 0.242 e.